The molecule has 94 valence electrons. The van der Waals surface area contributed by atoms with Crippen molar-refractivity contribution in [3.05, 3.63) is 35.4 Å². The van der Waals surface area contributed by atoms with Gasteiger partial charge in [-0.1, -0.05) is 24.3 Å². The fourth-order valence-electron chi connectivity index (χ4n) is 1.85. The second-order valence-electron chi connectivity index (χ2n) is 5.25. The summed E-state index contributed by atoms with van der Waals surface area (Å²) in [6.45, 7) is 2.37. The molecule has 0 aromatic heterocycles. The van der Waals surface area contributed by atoms with Gasteiger partial charge in [-0.2, -0.15) is 0 Å². The highest BCUT2D eigenvalue weighted by atomic mass is 16.3. The summed E-state index contributed by atoms with van der Waals surface area (Å²) in [5.74, 6) is 0.761. The predicted octanol–water partition coefficient (Wildman–Crippen LogP) is 1.40. The van der Waals surface area contributed by atoms with Gasteiger partial charge in [0.15, 0.2) is 0 Å². The first-order chi connectivity index (χ1) is 8.17. The lowest BCUT2D eigenvalue weighted by atomic mass is 10.0. The minimum atomic E-state index is -0.602. The van der Waals surface area contributed by atoms with Crippen LogP contribution in [0, 0.1) is 0 Å². The minimum absolute atomic E-state index is 0.0637. The van der Waals surface area contributed by atoms with Crippen molar-refractivity contribution in [2.24, 2.45) is 0 Å². The number of benzene rings is 1. The van der Waals surface area contributed by atoms with Crippen molar-refractivity contribution in [1.82, 2.24) is 5.32 Å². The van der Waals surface area contributed by atoms with Crippen LogP contribution in [0.1, 0.15) is 36.8 Å². The fourth-order valence-corrected chi connectivity index (χ4v) is 1.85. The number of hydrogen-bond acceptors (Lipinski definition) is 3. The van der Waals surface area contributed by atoms with E-state index in [0.717, 1.165) is 5.92 Å². The van der Waals surface area contributed by atoms with Crippen LogP contribution in [0.5, 0.6) is 0 Å². The van der Waals surface area contributed by atoms with Crippen LogP contribution in [0.4, 0.5) is 0 Å². The summed E-state index contributed by atoms with van der Waals surface area (Å²) >= 11 is 0. The SMILES string of the molecule is CC(CO)(CO)NCc1cccc(C2CC2)c1. The van der Waals surface area contributed by atoms with Crippen molar-refractivity contribution in [3.63, 3.8) is 0 Å². The molecule has 0 radical (unpaired) electrons. The second kappa shape index (κ2) is 5.17. The molecule has 1 aliphatic rings. The van der Waals surface area contributed by atoms with E-state index in [9.17, 15) is 10.2 Å². The van der Waals surface area contributed by atoms with Crippen molar-refractivity contribution in [3.8, 4) is 0 Å². The van der Waals surface area contributed by atoms with E-state index < -0.39 is 5.54 Å². The van der Waals surface area contributed by atoms with E-state index in [-0.39, 0.29) is 13.2 Å². The Bertz CT molecular complexity index is 370. The minimum Gasteiger partial charge on any atom is -0.394 e. The summed E-state index contributed by atoms with van der Waals surface area (Å²) in [5.41, 5.74) is 2.02. The summed E-state index contributed by atoms with van der Waals surface area (Å²) in [6, 6.07) is 8.56. The molecule has 0 heterocycles. The highest BCUT2D eigenvalue weighted by Crippen LogP contribution is 2.40. The largest absolute Gasteiger partial charge is 0.394 e. The summed E-state index contributed by atoms with van der Waals surface area (Å²) in [6.07, 6.45) is 2.61. The van der Waals surface area contributed by atoms with Gasteiger partial charge in [0.25, 0.3) is 0 Å². The molecule has 1 aromatic rings. The Morgan fingerprint density at radius 3 is 2.59 bits per heavy atom. The van der Waals surface area contributed by atoms with E-state index in [1.165, 1.54) is 24.0 Å². The molecule has 0 aliphatic heterocycles. The van der Waals surface area contributed by atoms with Gasteiger partial charge in [0.2, 0.25) is 0 Å². The standard InChI is InChI=1S/C14H21NO2/c1-14(9-16,10-17)15-8-11-3-2-4-13(7-11)12-5-6-12/h2-4,7,12,15-17H,5-6,8-10H2,1H3. The molecule has 1 fully saturated rings. The van der Waals surface area contributed by atoms with Gasteiger partial charge in [-0.3, -0.25) is 0 Å². The van der Waals surface area contributed by atoms with Crippen LogP contribution in [-0.2, 0) is 6.54 Å². The topological polar surface area (TPSA) is 52.5 Å². The van der Waals surface area contributed by atoms with E-state index in [1.807, 2.05) is 6.92 Å². The van der Waals surface area contributed by atoms with Crippen LogP contribution in [-0.4, -0.2) is 29.0 Å². The number of nitrogens with one attached hydrogen (secondary N) is 1. The molecular weight excluding hydrogens is 214 g/mol. The van der Waals surface area contributed by atoms with E-state index in [0.29, 0.717) is 6.54 Å². The van der Waals surface area contributed by atoms with Gasteiger partial charge in [-0.15, -0.1) is 0 Å². The zero-order valence-electron chi connectivity index (χ0n) is 10.3. The van der Waals surface area contributed by atoms with Gasteiger partial charge in [0.05, 0.1) is 18.8 Å². The number of aliphatic hydroxyl groups is 2. The van der Waals surface area contributed by atoms with Crippen molar-refractivity contribution in [2.45, 2.75) is 37.8 Å². The van der Waals surface area contributed by atoms with Crippen LogP contribution in [0.25, 0.3) is 0 Å². The average molecular weight is 235 g/mol. The molecule has 0 unspecified atom stereocenters. The molecule has 3 heteroatoms. The predicted molar refractivity (Wildman–Crippen MR) is 67.8 cm³/mol. The number of aliphatic hydroxyl groups excluding tert-OH is 2. The molecule has 3 nitrogen and oxygen atoms in total. The maximum atomic E-state index is 9.19. The molecule has 0 spiro atoms. The molecule has 1 aliphatic carbocycles. The van der Waals surface area contributed by atoms with Crippen LogP contribution >= 0.6 is 0 Å². The zero-order chi connectivity index (χ0) is 12.3. The smallest absolute Gasteiger partial charge is 0.0633 e. The summed E-state index contributed by atoms with van der Waals surface area (Å²) in [7, 11) is 0. The summed E-state index contributed by atoms with van der Waals surface area (Å²) in [4.78, 5) is 0. The Hall–Kier alpha value is -0.900. The molecule has 0 saturated heterocycles. The Morgan fingerprint density at radius 2 is 2.00 bits per heavy atom. The summed E-state index contributed by atoms with van der Waals surface area (Å²) < 4.78 is 0. The number of hydrogen-bond donors (Lipinski definition) is 3. The van der Waals surface area contributed by atoms with Gasteiger partial charge < -0.3 is 15.5 Å². The van der Waals surface area contributed by atoms with E-state index >= 15 is 0 Å². The third kappa shape index (κ3) is 3.28. The van der Waals surface area contributed by atoms with Gasteiger partial charge in [-0.25, -0.2) is 0 Å². The quantitative estimate of drug-likeness (QED) is 0.698. The fraction of sp³-hybridized carbons (Fsp3) is 0.571. The van der Waals surface area contributed by atoms with Gasteiger partial charge >= 0.3 is 0 Å². The van der Waals surface area contributed by atoms with Crippen LogP contribution < -0.4 is 5.32 Å². The lowest BCUT2D eigenvalue weighted by molar-refractivity contribution is 0.103. The van der Waals surface area contributed by atoms with Crippen molar-refractivity contribution < 1.29 is 10.2 Å². The van der Waals surface area contributed by atoms with Crippen LogP contribution in [0.2, 0.25) is 0 Å². The molecule has 3 N–H and O–H groups in total. The summed E-state index contributed by atoms with van der Waals surface area (Å²) in [5, 5.41) is 21.6. The molecular formula is C14H21NO2. The zero-order valence-corrected chi connectivity index (χ0v) is 10.3. The van der Waals surface area contributed by atoms with Gasteiger partial charge in [0.1, 0.15) is 0 Å². The van der Waals surface area contributed by atoms with Crippen LogP contribution in [0.15, 0.2) is 24.3 Å². The lowest BCUT2D eigenvalue weighted by Crippen LogP contribution is -2.48. The first kappa shape index (κ1) is 12.6. The Labute approximate surface area is 102 Å². The highest BCUT2D eigenvalue weighted by molar-refractivity contribution is 5.29. The Morgan fingerprint density at radius 1 is 1.29 bits per heavy atom. The second-order valence-corrected chi connectivity index (χ2v) is 5.25. The van der Waals surface area contributed by atoms with Crippen molar-refractivity contribution in [1.29, 1.82) is 0 Å². The van der Waals surface area contributed by atoms with Gasteiger partial charge in [-0.05, 0) is 36.8 Å². The normalized spacial score (nSPS) is 16.2. The monoisotopic (exact) mass is 235 g/mol. The molecule has 17 heavy (non-hydrogen) atoms. The molecule has 2 rings (SSSR count). The van der Waals surface area contributed by atoms with E-state index in [1.54, 1.807) is 0 Å². The van der Waals surface area contributed by atoms with E-state index in [4.69, 9.17) is 0 Å². The third-order valence-electron chi connectivity index (χ3n) is 3.42. The highest BCUT2D eigenvalue weighted by Gasteiger charge is 2.24. The molecule has 0 amide bonds. The Balaban J connectivity index is 1.96. The van der Waals surface area contributed by atoms with Crippen LogP contribution in [0.3, 0.4) is 0 Å². The first-order valence-corrected chi connectivity index (χ1v) is 6.22. The average Bonchev–Trinajstić information content (AvgIpc) is 3.21. The van der Waals surface area contributed by atoms with Gasteiger partial charge in [0, 0.05) is 6.54 Å². The maximum absolute atomic E-state index is 9.19. The molecule has 0 bridgehead atoms. The lowest BCUT2D eigenvalue weighted by Gasteiger charge is -2.26. The molecule has 0 atom stereocenters. The first-order valence-electron chi connectivity index (χ1n) is 6.22. The molecule has 1 saturated carbocycles. The van der Waals surface area contributed by atoms with E-state index in [2.05, 4.69) is 29.6 Å². The Kier molecular flexibility index (Phi) is 3.82. The third-order valence-corrected chi connectivity index (χ3v) is 3.42. The van der Waals surface area contributed by atoms with Crippen molar-refractivity contribution >= 4 is 0 Å². The number of rotatable bonds is 6. The molecule has 1 aromatic carbocycles. The van der Waals surface area contributed by atoms with Crippen molar-refractivity contribution in [2.75, 3.05) is 13.2 Å². The maximum Gasteiger partial charge on any atom is 0.0633 e.